The number of fused-ring (bicyclic) bond motifs is 4. The fourth-order valence-corrected chi connectivity index (χ4v) is 3.44. The van der Waals surface area contributed by atoms with E-state index in [1.807, 2.05) is 20.8 Å². The fraction of sp³-hybridized carbons (Fsp3) is 0.529. The average Bonchev–Trinajstić information content (AvgIpc) is 3.09. The van der Waals surface area contributed by atoms with Gasteiger partial charge in [0.2, 0.25) is 0 Å². The van der Waals surface area contributed by atoms with Crippen molar-refractivity contribution in [3.8, 4) is 5.82 Å². The molecule has 2 aromatic rings. The third-order valence-corrected chi connectivity index (χ3v) is 4.34. The van der Waals surface area contributed by atoms with Gasteiger partial charge in [-0.3, -0.25) is 9.78 Å². The second kappa shape index (κ2) is 5.37. The SMILES string of the molecule is CC(C)(C)NC(=O)c1nn(-c2cnccn2)c2c1C1CCC(C2)O1. The number of hydrogen-bond acceptors (Lipinski definition) is 5. The van der Waals surface area contributed by atoms with Crippen LogP contribution >= 0.6 is 0 Å². The van der Waals surface area contributed by atoms with Gasteiger partial charge in [-0.2, -0.15) is 5.10 Å². The lowest BCUT2D eigenvalue weighted by atomic mass is 10.0. The minimum Gasteiger partial charge on any atom is -0.370 e. The van der Waals surface area contributed by atoms with Crippen LogP contribution in [0.1, 0.15) is 61.5 Å². The lowest BCUT2D eigenvalue weighted by molar-refractivity contribution is 0.0306. The molecule has 4 heterocycles. The molecule has 2 aliphatic rings. The van der Waals surface area contributed by atoms with E-state index in [2.05, 4.69) is 20.4 Å². The number of carbonyl (C=O) groups is 1. The number of aromatic nitrogens is 4. The number of hydrogen-bond donors (Lipinski definition) is 1. The molecule has 2 atom stereocenters. The maximum Gasteiger partial charge on any atom is 0.272 e. The summed E-state index contributed by atoms with van der Waals surface area (Å²) < 4.78 is 7.78. The van der Waals surface area contributed by atoms with E-state index in [4.69, 9.17) is 4.74 Å². The Morgan fingerprint density at radius 3 is 2.88 bits per heavy atom. The van der Waals surface area contributed by atoms with Crippen LogP contribution in [0, 0.1) is 0 Å². The number of rotatable bonds is 2. The van der Waals surface area contributed by atoms with E-state index >= 15 is 0 Å². The summed E-state index contributed by atoms with van der Waals surface area (Å²) >= 11 is 0. The Hall–Kier alpha value is -2.28. The van der Waals surface area contributed by atoms with Gasteiger partial charge in [0, 0.05) is 29.9 Å². The van der Waals surface area contributed by atoms with Crippen LogP contribution in [0.4, 0.5) is 0 Å². The highest BCUT2D eigenvalue weighted by Crippen LogP contribution is 2.43. The number of ether oxygens (including phenoxy) is 1. The summed E-state index contributed by atoms with van der Waals surface area (Å²) in [6, 6.07) is 0. The predicted octanol–water partition coefficient (Wildman–Crippen LogP) is 1.97. The lowest BCUT2D eigenvalue weighted by Crippen LogP contribution is -2.41. The zero-order chi connectivity index (χ0) is 16.9. The fourth-order valence-electron chi connectivity index (χ4n) is 3.44. The summed E-state index contributed by atoms with van der Waals surface area (Å²) in [6.07, 6.45) is 7.76. The molecule has 1 saturated heterocycles. The molecular formula is C17H21N5O2. The van der Waals surface area contributed by atoms with Crippen LogP contribution in [-0.4, -0.2) is 37.3 Å². The molecule has 0 saturated carbocycles. The molecule has 1 fully saturated rings. The third kappa shape index (κ3) is 2.58. The van der Waals surface area contributed by atoms with Crippen molar-refractivity contribution >= 4 is 5.91 Å². The van der Waals surface area contributed by atoms with Gasteiger partial charge in [0.05, 0.1) is 24.1 Å². The molecule has 24 heavy (non-hydrogen) atoms. The van der Waals surface area contributed by atoms with E-state index in [1.54, 1.807) is 23.3 Å². The average molecular weight is 327 g/mol. The van der Waals surface area contributed by atoms with Gasteiger partial charge in [-0.05, 0) is 33.6 Å². The molecule has 1 N–H and O–H groups in total. The molecule has 2 aliphatic heterocycles. The van der Waals surface area contributed by atoms with Gasteiger partial charge in [0.1, 0.15) is 0 Å². The number of nitrogens with one attached hydrogen (secondary N) is 1. The Kier molecular flexibility index (Phi) is 3.42. The van der Waals surface area contributed by atoms with Crippen LogP contribution < -0.4 is 5.32 Å². The van der Waals surface area contributed by atoms with Crippen molar-refractivity contribution in [1.82, 2.24) is 25.1 Å². The van der Waals surface area contributed by atoms with Crippen molar-refractivity contribution in [3.05, 3.63) is 35.5 Å². The summed E-state index contributed by atoms with van der Waals surface area (Å²) in [5.41, 5.74) is 2.05. The van der Waals surface area contributed by atoms with Crippen LogP contribution in [0.3, 0.4) is 0 Å². The molecule has 126 valence electrons. The van der Waals surface area contributed by atoms with Crippen LogP contribution in [-0.2, 0) is 11.2 Å². The molecule has 0 spiro atoms. The van der Waals surface area contributed by atoms with Crippen LogP contribution in [0.5, 0.6) is 0 Å². The highest BCUT2D eigenvalue weighted by Gasteiger charge is 2.41. The molecule has 0 aliphatic carbocycles. The van der Waals surface area contributed by atoms with Crippen molar-refractivity contribution < 1.29 is 9.53 Å². The Bertz CT molecular complexity index is 778. The Morgan fingerprint density at radius 2 is 2.17 bits per heavy atom. The zero-order valence-electron chi connectivity index (χ0n) is 14.1. The topological polar surface area (TPSA) is 81.9 Å². The second-order valence-electron chi connectivity index (χ2n) is 7.42. The molecule has 7 heteroatoms. The van der Waals surface area contributed by atoms with Gasteiger partial charge in [-0.15, -0.1) is 0 Å². The largest absolute Gasteiger partial charge is 0.370 e. The number of nitrogens with zero attached hydrogens (tertiary/aromatic N) is 4. The maximum atomic E-state index is 12.8. The van der Waals surface area contributed by atoms with E-state index in [0.717, 1.165) is 30.5 Å². The van der Waals surface area contributed by atoms with Crippen molar-refractivity contribution in [2.75, 3.05) is 0 Å². The predicted molar refractivity (Wildman–Crippen MR) is 86.9 cm³/mol. The molecule has 2 aromatic heterocycles. The van der Waals surface area contributed by atoms with Gasteiger partial charge < -0.3 is 10.1 Å². The summed E-state index contributed by atoms with van der Waals surface area (Å²) in [7, 11) is 0. The lowest BCUT2D eigenvalue weighted by Gasteiger charge is -2.23. The second-order valence-corrected chi connectivity index (χ2v) is 7.42. The van der Waals surface area contributed by atoms with Gasteiger partial charge in [-0.25, -0.2) is 9.67 Å². The van der Waals surface area contributed by atoms with Crippen molar-refractivity contribution in [1.29, 1.82) is 0 Å². The van der Waals surface area contributed by atoms with Crippen LogP contribution in [0.2, 0.25) is 0 Å². The van der Waals surface area contributed by atoms with E-state index in [0.29, 0.717) is 11.5 Å². The van der Waals surface area contributed by atoms with Crippen LogP contribution in [0.25, 0.3) is 5.82 Å². The highest BCUT2D eigenvalue weighted by molar-refractivity contribution is 5.94. The first-order valence-electron chi connectivity index (χ1n) is 8.28. The van der Waals surface area contributed by atoms with Crippen molar-refractivity contribution in [3.63, 3.8) is 0 Å². The van der Waals surface area contributed by atoms with E-state index in [1.165, 1.54) is 0 Å². The van der Waals surface area contributed by atoms with Gasteiger partial charge in [-0.1, -0.05) is 0 Å². The number of amides is 1. The molecule has 0 radical (unpaired) electrons. The molecule has 0 aromatic carbocycles. The van der Waals surface area contributed by atoms with E-state index < -0.39 is 0 Å². The minimum absolute atomic E-state index is 0.0510. The van der Waals surface area contributed by atoms with Gasteiger partial charge >= 0.3 is 0 Å². The summed E-state index contributed by atoms with van der Waals surface area (Å²) in [5, 5.41) is 7.59. The smallest absolute Gasteiger partial charge is 0.272 e. The molecule has 4 rings (SSSR count). The molecule has 1 amide bonds. The summed E-state index contributed by atoms with van der Waals surface area (Å²) in [4.78, 5) is 21.2. The Labute approximate surface area is 140 Å². The van der Waals surface area contributed by atoms with E-state index in [9.17, 15) is 4.79 Å². The van der Waals surface area contributed by atoms with E-state index in [-0.39, 0.29) is 23.7 Å². The van der Waals surface area contributed by atoms with Crippen molar-refractivity contribution in [2.24, 2.45) is 0 Å². The Balaban J connectivity index is 1.83. The third-order valence-electron chi connectivity index (χ3n) is 4.34. The molecule has 7 nitrogen and oxygen atoms in total. The summed E-state index contributed by atoms with van der Waals surface area (Å²) in [5.74, 6) is 0.459. The quantitative estimate of drug-likeness (QED) is 0.912. The monoisotopic (exact) mass is 327 g/mol. The standard InChI is InChI=1S/C17H21N5O2/c1-17(2,3)20-16(23)15-14-11(8-10-4-5-12(14)24-10)22(21-15)13-9-18-6-7-19-13/h6-7,9-10,12H,4-5,8H2,1-3H3,(H,20,23). The first-order chi connectivity index (χ1) is 11.4. The molecular weight excluding hydrogens is 306 g/mol. The zero-order valence-corrected chi connectivity index (χ0v) is 14.1. The maximum absolute atomic E-state index is 12.8. The van der Waals surface area contributed by atoms with Crippen molar-refractivity contribution in [2.45, 2.75) is 57.8 Å². The van der Waals surface area contributed by atoms with Gasteiger partial charge in [0.15, 0.2) is 11.5 Å². The summed E-state index contributed by atoms with van der Waals surface area (Å²) in [6.45, 7) is 5.87. The molecule has 2 bridgehead atoms. The van der Waals surface area contributed by atoms with Gasteiger partial charge in [0.25, 0.3) is 5.91 Å². The first-order valence-corrected chi connectivity index (χ1v) is 8.28. The normalized spacial score (nSPS) is 22.3. The number of carbonyl (C=O) groups excluding carboxylic acids is 1. The molecule has 2 unspecified atom stereocenters. The minimum atomic E-state index is -0.325. The first kappa shape index (κ1) is 15.3. The van der Waals surface area contributed by atoms with Crippen LogP contribution in [0.15, 0.2) is 18.6 Å². The highest BCUT2D eigenvalue weighted by atomic mass is 16.5. The Morgan fingerprint density at radius 1 is 1.33 bits per heavy atom.